The zero-order valence-electron chi connectivity index (χ0n) is 12.0. The van der Waals surface area contributed by atoms with Gasteiger partial charge in [0.1, 0.15) is 17.6 Å². The van der Waals surface area contributed by atoms with Crippen LogP contribution in [-0.4, -0.2) is 21.9 Å². The predicted molar refractivity (Wildman–Crippen MR) is 81.0 cm³/mol. The highest BCUT2D eigenvalue weighted by atomic mass is 16.1. The van der Waals surface area contributed by atoms with E-state index in [1.807, 2.05) is 11.8 Å². The van der Waals surface area contributed by atoms with Crippen LogP contribution in [0.2, 0.25) is 0 Å². The summed E-state index contributed by atoms with van der Waals surface area (Å²) in [6.07, 6.45) is 3.73. The zero-order valence-corrected chi connectivity index (χ0v) is 12.0. The van der Waals surface area contributed by atoms with Gasteiger partial charge in [-0.25, -0.2) is 9.97 Å². The van der Waals surface area contributed by atoms with Crippen LogP contribution in [0.5, 0.6) is 0 Å². The van der Waals surface area contributed by atoms with Gasteiger partial charge in [0.2, 0.25) is 0 Å². The number of hydrogen-bond acceptors (Lipinski definition) is 5. The van der Waals surface area contributed by atoms with Gasteiger partial charge in [0.25, 0.3) is 5.91 Å². The minimum atomic E-state index is -0.192. The first-order valence-electron chi connectivity index (χ1n) is 7.16. The maximum Gasteiger partial charge on any atom is 0.259 e. The lowest BCUT2D eigenvalue weighted by Crippen LogP contribution is -2.23. The molecule has 0 saturated heterocycles. The topological polar surface area (TPSA) is 81.9 Å². The second kappa shape index (κ2) is 4.53. The van der Waals surface area contributed by atoms with Crippen LogP contribution in [0.15, 0.2) is 24.4 Å². The average Bonchev–Trinajstić information content (AvgIpc) is 3.35. The smallest absolute Gasteiger partial charge is 0.259 e. The SMILES string of the molecule is Cc1cc(C#N)nc2c1NC(=O)c1cccnc1N2C1CC1. The number of hydrogen-bond donors (Lipinski definition) is 1. The van der Waals surface area contributed by atoms with Crippen LogP contribution in [0.4, 0.5) is 17.3 Å². The quantitative estimate of drug-likeness (QED) is 0.873. The van der Waals surface area contributed by atoms with Crippen molar-refractivity contribution >= 4 is 23.2 Å². The van der Waals surface area contributed by atoms with Crippen LogP contribution < -0.4 is 10.2 Å². The van der Waals surface area contributed by atoms with Gasteiger partial charge in [-0.1, -0.05) is 0 Å². The van der Waals surface area contributed by atoms with Gasteiger partial charge in [-0.05, 0) is 43.5 Å². The second-order valence-corrected chi connectivity index (χ2v) is 5.56. The summed E-state index contributed by atoms with van der Waals surface area (Å²) in [5.74, 6) is 1.04. The molecule has 1 saturated carbocycles. The van der Waals surface area contributed by atoms with Crippen LogP contribution in [-0.2, 0) is 0 Å². The Morgan fingerprint density at radius 1 is 1.41 bits per heavy atom. The number of anilines is 3. The Kier molecular flexibility index (Phi) is 2.63. The molecule has 3 heterocycles. The summed E-state index contributed by atoms with van der Waals surface area (Å²) in [6, 6.07) is 7.56. The molecule has 2 aliphatic rings. The molecule has 6 nitrogen and oxygen atoms in total. The van der Waals surface area contributed by atoms with Gasteiger partial charge in [0, 0.05) is 12.2 Å². The van der Waals surface area contributed by atoms with Crippen LogP contribution in [0.1, 0.15) is 34.5 Å². The lowest BCUT2D eigenvalue weighted by molar-refractivity contribution is 0.102. The molecule has 1 fully saturated rings. The van der Waals surface area contributed by atoms with Crippen LogP contribution >= 0.6 is 0 Å². The van der Waals surface area contributed by atoms with E-state index in [1.165, 1.54) is 0 Å². The molecular formula is C16H13N5O. The van der Waals surface area contributed by atoms with Gasteiger partial charge in [-0.2, -0.15) is 5.26 Å². The van der Waals surface area contributed by atoms with Crippen LogP contribution in [0, 0.1) is 18.3 Å². The summed E-state index contributed by atoms with van der Waals surface area (Å²) in [7, 11) is 0. The number of nitriles is 1. The maximum atomic E-state index is 12.5. The molecule has 0 radical (unpaired) electrons. The fraction of sp³-hybridized carbons (Fsp3) is 0.250. The van der Waals surface area contributed by atoms with Gasteiger partial charge in [-0.3, -0.25) is 4.79 Å². The molecular weight excluding hydrogens is 278 g/mol. The number of nitrogens with zero attached hydrogens (tertiary/aromatic N) is 4. The molecule has 0 spiro atoms. The third-order valence-electron chi connectivity index (χ3n) is 3.95. The molecule has 1 amide bonds. The first-order chi connectivity index (χ1) is 10.7. The van der Waals surface area contributed by atoms with Gasteiger partial charge < -0.3 is 10.2 Å². The van der Waals surface area contributed by atoms with Crippen LogP contribution in [0.25, 0.3) is 0 Å². The zero-order chi connectivity index (χ0) is 15.3. The summed E-state index contributed by atoms with van der Waals surface area (Å²) >= 11 is 0. The molecule has 6 heteroatoms. The minimum Gasteiger partial charge on any atom is -0.318 e. The number of carbonyl (C=O) groups is 1. The number of nitrogens with one attached hydrogen (secondary N) is 1. The summed E-state index contributed by atoms with van der Waals surface area (Å²) in [6.45, 7) is 1.87. The molecule has 2 aromatic rings. The highest BCUT2D eigenvalue weighted by Gasteiger charge is 2.38. The number of rotatable bonds is 1. The van der Waals surface area contributed by atoms with Crippen molar-refractivity contribution in [2.45, 2.75) is 25.8 Å². The van der Waals surface area contributed by atoms with Crippen LogP contribution in [0.3, 0.4) is 0 Å². The number of aryl methyl sites for hydroxylation is 1. The van der Waals surface area contributed by atoms with Gasteiger partial charge in [0.05, 0.1) is 11.3 Å². The molecule has 0 aromatic carbocycles. The molecule has 0 unspecified atom stereocenters. The van der Waals surface area contributed by atoms with Gasteiger partial charge in [0.15, 0.2) is 5.82 Å². The molecule has 0 bridgehead atoms. The maximum absolute atomic E-state index is 12.5. The normalized spacial score (nSPS) is 16.2. The predicted octanol–water partition coefficient (Wildman–Crippen LogP) is 2.52. The van der Waals surface area contributed by atoms with E-state index in [0.29, 0.717) is 28.6 Å². The van der Waals surface area contributed by atoms with E-state index < -0.39 is 0 Å². The fourth-order valence-electron chi connectivity index (χ4n) is 2.77. The average molecular weight is 291 g/mol. The Morgan fingerprint density at radius 3 is 2.95 bits per heavy atom. The molecule has 0 atom stereocenters. The number of aromatic nitrogens is 2. The number of carbonyl (C=O) groups excluding carboxylic acids is 1. The van der Waals surface area contributed by atoms with Crippen molar-refractivity contribution in [1.29, 1.82) is 5.26 Å². The van der Waals surface area contributed by atoms with Gasteiger partial charge >= 0.3 is 0 Å². The van der Waals surface area contributed by atoms with E-state index >= 15 is 0 Å². The van der Waals surface area contributed by atoms with E-state index in [9.17, 15) is 10.1 Å². The molecule has 4 rings (SSSR count). The first-order valence-corrected chi connectivity index (χ1v) is 7.16. The van der Waals surface area contributed by atoms with Crippen molar-refractivity contribution in [1.82, 2.24) is 9.97 Å². The molecule has 1 aliphatic carbocycles. The Morgan fingerprint density at radius 2 is 2.23 bits per heavy atom. The third-order valence-corrected chi connectivity index (χ3v) is 3.95. The molecule has 1 aliphatic heterocycles. The van der Waals surface area contributed by atoms with E-state index in [-0.39, 0.29) is 11.9 Å². The highest BCUT2D eigenvalue weighted by molar-refractivity contribution is 6.12. The number of fused-ring (bicyclic) bond motifs is 2. The van der Waals surface area contributed by atoms with E-state index in [0.717, 1.165) is 18.4 Å². The Balaban J connectivity index is 2.02. The molecule has 22 heavy (non-hydrogen) atoms. The Labute approximate surface area is 127 Å². The second-order valence-electron chi connectivity index (χ2n) is 5.56. The molecule has 2 aromatic heterocycles. The van der Waals surface area contributed by atoms with Gasteiger partial charge in [-0.15, -0.1) is 0 Å². The monoisotopic (exact) mass is 291 g/mol. The van der Waals surface area contributed by atoms with Crippen molar-refractivity contribution in [3.8, 4) is 6.07 Å². The Hall–Kier alpha value is -2.94. The van der Waals surface area contributed by atoms with E-state index in [2.05, 4.69) is 21.4 Å². The standard InChI is InChI=1S/C16H13N5O/c1-9-7-10(8-17)19-15-13(9)20-16(22)12-3-2-6-18-14(12)21(15)11-4-5-11/h2-3,6-7,11H,4-5H2,1H3,(H,20,22). The van der Waals surface area contributed by atoms with Crippen molar-refractivity contribution in [3.63, 3.8) is 0 Å². The summed E-state index contributed by atoms with van der Waals surface area (Å²) in [4.78, 5) is 23.3. The van der Waals surface area contributed by atoms with Crippen molar-refractivity contribution in [2.24, 2.45) is 0 Å². The summed E-state index contributed by atoms with van der Waals surface area (Å²) in [5, 5.41) is 12.1. The summed E-state index contributed by atoms with van der Waals surface area (Å²) in [5.41, 5.74) is 2.36. The molecule has 108 valence electrons. The van der Waals surface area contributed by atoms with E-state index in [1.54, 1.807) is 24.4 Å². The minimum absolute atomic E-state index is 0.192. The van der Waals surface area contributed by atoms with Crippen molar-refractivity contribution in [3.05, 3.63) is 41.2 Å². The number of amides is 1. The Bertz CT molecular complexity index is 835. The van der Waals surface area contributed by atoms with Crippen molar-refractivity contribution < 1.29 is 4.79 Å². The third kappa shape index (κ3) is 1.83. The van der Waals surface area contributed by atoms with E-state index in [4.69, 9.17) is 0 Å². The van der Waals surface area contributed by atoms with Crippen molar-refractivity contribution in [2.75, 3.05) is 10.2 Å². The highest BCUT2D eigenvalue weighted by Crippen LogP contribution is 2.43. The largest absolute Gasteiger partial charge is 0.318 e. The molecule has 1 N–H and O–H groups in total. The first kappa shape index (κ1) is 12.8. The number of pyridine rings is 2. The fourth-order valence-corrected chi connectivity index (χ4v) is 2.77. The lowest BCUT2D eigenvalue weighted by atomic mass is 10.2. The lowest BCUT2D eigenvalue weighted by Gasteiger charge is -2.24. The summed E-state index contributed by atoms with van der Waals surface area (Å²) < 4.78 is 0.